The molecule has 31 heavy (non-hydrogen) atoms. The minimum Gasteiger partial charge on any atom is -0.340 e. The van der Waals surface area contributed by atoms with E-state index in [1.54, 1.807) is 38.4 Å². The van der Waals surface area contributed by atoms with Gasteiger partial charge in [-0.2, -0.15) is 4.98 Å². The molecule has 2 heterocycles. The van der Waals surface area contributed by atoms with Crippen molar-refractivity contribution in [1.82, 2.24) is 25.2 Å². The average Bonchev–Trinajstić information content (AvgIpc) is 3.21. The Labute approximate surface area is 181 Å². The van der Waals surface area contributed by atoms with Crippen LogP contribution in [-0.4, -0.2) is 35.5 Å². The zero-order valence-corrected chi connectivity index (χ0v) is 18.6. The molecule has 0 aliphatic carbocycles. The van der Waals surface area contributed by atoms with E-state index in [0.29, 0.717) is 11.4 Å². The van der Waals surface area contributed by atoms with E-state index >= 15 is 0 Å². The van der Waals surface area contributed by atoms with Gasteiger partial charge in [0.2, 0.25) is 21.7 Å². The minimum absolute atomic E-state index is 0.0235. The highest BCUT2D eigenvalue weighted by atomic mass is 32.2. The highest BCUT2D eigenvalue weighted by Crippen LogP contribution is 2.24. The second-order valence-electron chi connectivity index (χ2n) is 7.69. The predicted molar refractivity (Wildman–Crippen MR) is 114 cm³/mol. The van der Waals surface area contributed by atoms with E-state index in [-0.39, 0.29) is 28.7 Å². The van der Waals surface area contributed by atoms with Crippen LogP contribution in [0.4, 0.5) is 0 Å². The van der Waals surface area contributed by atoms with Crippen LogP contribution in [0.3, 0.4) is 0 Å². The van der Waals surface area contributed by atoms with E-state index in [2.05, 4.69) is 25.2 Å². The smallest absolute Gasteiger partial charge is 0.251 e. The lowest BCUT2D eigenvalue weighted by molar-refractivity contribution is 0.0914. The Morgan fingerprint density at radius 3 is 2.23 bits per heavy atom. The minimum atomic E-state index is -3.62. The monoisotopic (exact) mass is 443 g/mol. The number of hydrogen-bond acceptors (Lipinski definition) is 7. The van der Waals surface area contributed by atoms with Crippen LogP contribution < -0.4 is 10.0 Å². The summed E-state index contributed by atoms with van der Waals surface area (Å²) in [5.74, 6) is 0.299. The average molecular weight is 444 g/mol. The van der Waals surface area contributed by atoms with Gasteiger partial charge in [-0.15, -0.1) is 0 Å². The van der Waals surface area contributed by atoms with Gasteiger partial charge in [-0.25, -0.2) is 13.1 Å². The Bertz CT molecular complexity index is 1130. The highest BCUT2D eigenvalue weighted by molar-refractivity contribution is 7.89. The van der Waals surface area contributed by atoms with E-state index in [4.69, 9.17) is 4.52 Å². The lowest BCUT2D eigenvalue weighted by atomic mass is 10.0. The molecule has 2 N–H and O–H groups in total. The van der Waals surface area contributed by atoms with E-state index in [1.165, 1.54) is 24.3 Å². The molecule has 0 bridgehead atoms. The van der Waals surface area contributed by atoms with Gasteiger partial charge in [-0.1, -0.05) is 19.0 Å². The first-order valence-electron chi connectivity index (χ1n) is 9.84. The number of hydrogen-bond donors (Lipinski definition) is 2. The van der Waals surface area contributed by atoms with Gasteiger partial charge < -0.3 is 9.84 Å². The fourth-order valence-electron chi connectivity index (χ4n) is 2.88. The van der Waals surface area contributed by atoms with E-state index in [9.17, 15) is 13.2 Å². The van der Waals surface area contributed by atoms with Gasteiger partial charge in [0.05, 0.1) is 4.90 Å². The topological polar surface area (TPSA) is 127 Å². The molecule has 0 fully saturated rings. The van der Waals surface area contributed by atoms with Crippen molar-refractivity contribution in [1.29, 1.82) is 0 Å². The summed E-state index contributed by atoms with van der Waals surface area (Å²) in [6.45, 7) is 7.33. The molecule has 2 aromatic heterocycles. The van der Waals surface area contributed by atoms with Crippen molar-refractivity contribution in [2.75, 3.05) is 0 Å². The number of pyridine rings is 1. The summed E-state index contributed by atoms with van der Waals surface area (Å²) in [6.07, 6.45) is 3.27. The molecule has 9 nitrogen and oxygen atoms in total. The second kappa shape index (κ2) is 9.36. The number of amides is 1. The van der Waals surface area contributed by atoms with Crippen LogP contribution in [0.15, 0.2) is 58.2 Å². The van der Waals surface area contributed by atoms with Crippen molar-refractivity contribution in [3.8, 4) is 11.4 Å². The van der Waals surface area contributed by atoms with Crippen molar-refractivity contribution < 1.29 is 17.7 Å². The third kappa shape index (κ3) is 5.53. The van der Waals surface area contributed by atoms with Crippen molar-refractivity contribution in [2.24, 2.45) is 5.92 Å². The molecule has 0 aliphatic rings. The number of benzene rings is 1. The summed E-state index contributed by atoms with van der Waals surface area (Å²) >= 11 is 0. The van der Waals surface area contributed by atoms with Gasteiger partial charge in [0.1, 0.15) is 6.04 Å². The van der Waals surface area contributed by atoms with Gasteiger partial charge >= 0.3 is 0 Å². The summed E-state index contributed by atoms with van der Waals surface area (Å²) in [5, 5.41) is 6.88. The maximum absolute atomic E-state index is 12.8. The molecule has 3 rings (SSSR count). The van der Waals surface area contributed by atoms with Gasteiger partial charge in [-0.05, 0) is 56.2 Å². The number of sulfonamides is 1. The summed E-state index contributed by atoms with van der Waals surface area (Å²) in [5.41, 5.74) is 1.08. The number of nitrogens with zero attached hydrogens (tertiary/aromatic N) is 3. The Morgan fingerprint density at radius 2 is 1.65 bits per heavy atom. The Hall–Kier alpha value is -3.11. The van der Waals surface area contributed by atoms with Crippen molar-refractivity contribution in [2.45, 2.75) is 44.7 Å². The summed E-state index contributed by atoms with van der Waals surface area (Å²) in [6, 6.07) is 8.53. The molecule has 1 amide bonds. The molecule has 1 atom stereocenters. The van der Waals surface area contributed by atoms with Crippen LogP contribution in [0, 0.1) is 5.92 Å². The molecular weight excluding hydrogens is 418 g/mol. The van der Waals surface area contributed by atoms with Crippen LogP contribution in [-0.2, 0) is 10.0 Å². The predicted octanol–water partition coefficient (Wildman–Crippen LogP) is 2.95. The van der Waals surface area contributed by atoms with Gasteiger partial charge in [0.25, 0.3) is 5.91 Å². The third-order valence-corrected chi connectivity index (χ3v) is 6.09. The SMILES string of the molecule is CC(C)NS(=O)(=O)c1ccc(C(=O)NC(c2nc(-c3ccncc3)no2)C(C)C)cc1. The number of nitrogens with one attached hydrogen (secondary N) is 2. The molecule has 0 saturated carbocycles. The molecule has 10 heteroatoms. The van der Waals surface area contributed by atoms with Gasteiger partial charge in [0, 0.05) is 29.6 Å². The fourth-order valence-corrected chi connectivity index (χ4v) is 4.13. The maximum Gasteiger partial charge on any atom is 0.251 e. The van der Waals surface area contributed by atoms with Crippen LogP contribution in [0.25, 0.3) is 11.4 Å². The molecular formula is C21H25N5O4S. The molecule has 3 aromatic rings. The molecule has 0 saturated heterocycles. The Morgan fingerprint density at radius 1 is 1.00 bits per heavy atom. The van der Waals surface area contributed by atoms with Crippen molar-refractivity contribution in [3.05, 3.63) is 60.2 Å². The lowest BCUT2D eigenvalue weighted by Crippen LogP contribution is -2.32. The van der Waals surface area contributed by atoms with Crippen LogP contribution in [0.2, 0.25) is 0 Å². The van der Waals surface area contributed by atoms with Crippen LogP contribution >= 0.6 is 0 Å². The first kappa shape index (κ1) is 22.6. The molecule has 0 radical (unpaired) electrons. The lowest BCUT2D eigenvalue weighted by Gasteiger charge is -2.18. The van der Waals surface area contributed by atoms with Crippen LogP contribution in [0.1, 0.15) is 50.0 Å². The van der Waals surface area contributed by atoms with Crippen molar-refractivity contribution >= 4 is 15.9 Å². The number of carbonyl (C=O) groups excluding carboxylic acids is 1. The fraction of sp³-hybridized carbons (Fsp3) is 0.333. The first-order valence-corrected chi connectivity index (χ1v) is 11.3. The molecule has 1 aromatic carbocycles. The summed E-state index contributed by atoms with van der Waals surface area (Å²) in [7, 11) is -3.62. The Kier molecular flexibility index (Phi) is 6.81. The number of carbonyl (C=O) groups is 1. The second-order valence-corrected chi connectivity index (χ2v) is 9.40. The van der Waals surface area contributed by atoms with Gasteiger partial charge in [0.15, 0.2) is 0 Å². The quantitative estimate of drug-likeness (QED) is 0.548. The van der Waals surface area contributed by atoms with E-state index < -0.39 is 16.1 Å². The van der Waals surface area contributed by atoms with E-state index in [1.807, 2.05) is 13.8 Å². The largest absolute Gasteiger partial charge is 0.340 e. The van der Waals surface area contributed by atoms with Crippen LogP contribution in [0.5, 0.6) is 0 Å². The highest BCUT2D eigenvalue weighted by Gasteiger charge is 2.26. The maximum atomic E-state index is 12.8. The standard InChI is InChI=1S/C21H25N5O4S/c1-13(2)18(21-24-19(25-30-21)15-9-11-22-12-10-15)23-20(27)16-5-7-17(8-6-16)31(28,29)26-14(3)4/h5-14,18,26H,1-4H3,(H,23,27). The first-order chi connectivity index (χ1) is 14.7. The summed E-state index contributed by atoms with van der Waals surface area (Å²) in [4.78, 5) is 21.2. The molecule has 0 spiro atoms. The number of aromatic nitrogens is 3. The van der Waals surface area contributed by atoms with Crippen molar-refractivity contribution in [3.63, 3.8) is 0 Å². The zero-order valence-electron chi connectivity index (χ0n) is 17.7. The molecule has 1 unspecified atom stereocenters. The zero-order chi connectivity index (χ0) is 22.6. The van der Waals surface area contributed by atoms with Gasteiger partial charge in [-0.3, -0.25) is 9.78 Å². The molecule has 164 valence electrons. The summed E-state index contributed by atoms with van der Waals surface area (Å²) < 4.78 is 32.4. The third-order valence-electron chi connectivity index (χ3n) is 4.42. The normalized spacial score (nSPS) is 12.8. The molecule has 0 aliphatic heterocycles. The Balaban J connectivity index is 1.77. The number of rotatable bonds is 8. The van der Waals surface area contributed by atoms with E-state index in [0.717, 1.165) is 5.56 Å².